The molecule has 0 aromatic carbocycles. The molecule has 0 amide bonds. The molecule has 1 aliphatic rings. The van der Waals surface area contributed by atoms with Crippen LogP contribution in [-0.4, -0.2) is 49.7 Å². The number of nitrogens with one attached hydrogen (secondary N) is 1. The number of hydrogen-bond acceptors (Lipinski definition) is 4. The Kier molecular flexibility index (Phi) is 4.19. The van der Waals surface area contributed by atoms with Crippen LogP contribution in [0.5, 0.6) is 0 Å². The van der Waals surface area contributed by atoms with Gasteiger partial charge in [0.1, 0.15) is 5.82 Å². The van der Waals surface area contributed by atoms with Crippen LogP contribution in [0.15, 0.2) is 12.3 Å². The van der Waals surface area contributed by atoms with E-state index in [2.05, 4.69) is 47.1 Å². The van der Waals surface area contributed by atoms with Gasteiger partial charge in [-0.2, -0.15) is 0 Å². The van der Waals surface area contributed by atoms with Crippen molar-refractivity contribution in [3.05, 3.63) is 23.4 Å². The molecule has 0 radical (unpaired) electrons. The molecule has 1 saturated heterocycles. The summed E-state index contributed by atoms with van der Waals surface area (Å²) in [5.41, 5.74) is 2.53. The number of aromatic nitrogens is 1. The zero-order valence-electron chi connectivity index (χ0n) is 11.9. The number of nitrogens with zero attached hydrogens (tertiary/aromatic N) is 3. The molecule has 18 heavy (non-hydrogen) atoms. The lowest BCUT2D eigenvalue weighted by Crippen LogP contribution is -2.51. The van der Waals surface area contributed by atoms with Crippen molar-refractivity contribution < 1.29 is 0 Å². The Morgan fingerprint density at radius 2 is 2.22 bits per heavy atom. The van der Waals surface area contributed by atoms with Gasteiger partial charge in [-0.3, -0.25) is 0 Å². The molecule has 1 N–H and O–H groups in total. The first-order valence-corrected chi connectivity index (χ1v) is 6.67. The average Bonchev–Trinajstić information content (AvgIpc) is 2.31. The first-order valence-electron chi connectivity index (χ1n) is 6.67. The van der Waals surface area contributed by atoms with E-state index < -0.39 is 0 Å². The average molecular weight is 248 g/mol. The highest BCUT2D eigenvalue weighted by Crippen LogP contribution is 2.22. The second-order valence-electron chi connectivity index (χ2n) is 5.32. The first-order chi connectivity index (χ1) is 8.61. The molecule has 100 valence electrons. The van der Waals surface area contributed by atoms with Crippen LogP contribution in [0, 0.1) is 6.92 Å². The molecule has 0 saturated carbocycles. The van der Waals surface area contributed by atoms with Crippen molar-refractivity contribution in [1.29, 1.82) is 0 Å². The first kappa shape index (κ1) is 13.3. The third kappa shape index (κ3) is 2.82. The van der Waals surface area contributed by atoms with E-state index in [9.17, 15) is 0 Å². The van der Waals surface area contributed by atoms with Crippen LogP contribution in [0.1, 0.15) is 18.1 Å². The lowest BCUT2D eigenvalue weighted by Gasteiger charge is -2.39. The summed E-state index contributed by atoms with van der Waals surface area (Å²) in [7, 11) is 4.15. The molecule has 1 aromatic rings. The van der Waals surface area contributed by atoms with Crippen LogP contribution in [0.4, 0.5) is 5.82 Å². The zero-order chi connectivity index (χ0) is 13.1. The van der Waals surface area contributed by atoms with E-state index in [0.717, 1.165) is 32.0 Å². The lowest BCUT2D eigenvalue weighted by atomic mass is 10.1. The van der Waals surface area contributed by atoms with Gasteiger partial charge in [0.25, 0.3) is 0 Å². The molecule has 4 heteroatoms. The fourth-order valence-electron chi connectivity index (χ4n) is 2.68. The summed E-state index contributed by atoms with van der Waals surface area (Å²) in [6.45, 7) is 8.61. The number of pyridine rings is 1. The Morgan fingerprint density at radius 1 is 1.44 bits per heavy atom. The van der Waals surface area contributed by atoms with Crippen molar-refractivity contribution >= 4 is 5.82 Å². The van der Waals surface area contributed by atoms with Crippen molar-refractivity contribution in [2.75, 3.05) is 38.6 Å². The van der Waals surface area contributed by atoms with Gasteiger partial charge in [-0.25, -0.2) is 4.98 Å². The van der Waals surface area contributed by atoms with Crippen molar-refractivity contribution in [3.8, 4) is 0 Å². The largest absolute Gasteiger partial charge is 0.351 e. The second-order valence-corrected chi connectivity index (χ2v) is 5.32. The van der Waals surface area contributed by atoms with E-state index in [1.54, 1.807) is 0 Å². The molecule has 2 rings (SSSR count). The third-order valence-corrected chi connectivity index (χ3v) is 3.59. The second kappa shape index (κ2) is 5.67. The normalized spacial score (nSPS) is 21.3. The molecular weight excluding hydrogens is 224 g/mol. The third-order valence-electron chi connectivity index (χ3n) is 3.59. The van der Waals surface area contributed by atoms with Crippen molar-refractivity contribution in [1.82, 2.24) is 15.2 Å². The Labute approximate surface area is 110 Å². The SMILES string of the molecule is CNCc1cnc(N2CCN(C)CC2C)c(C)c1. The minimum Gasteiger partial charge on any atom is -0.351 e. The van der Waals surface area contributed by atoms with E-state index in [4.69, 9.17) is 0 Å². The number of rotatable bonds is 3. The van der Waals surface area contributed by atoms with E-state index in [-0.39, 0.29) is 0 Å². The number of aryl methyl sites for hydroxylation is 1. The van der Waals surface area contributed by atoms with Gasteiger partial charge in [-0.05, 0) is 45.1 Å². The van der Waals surface area contributed by atoms with Gasteiger partial charge < -0.3 is 15.1 Å². The van der Waals surface area contributed by atoms with Gasteiger partial charge in [0, 0.05) is 38.4 Å². The highest BCUT2D eigenvalue weighted by Gasteiger charge is 2.23. The zero-order valence-corrected chi connectivity index (χ0v) is 11.9. The van der Waals surface area contributed by atoms with Crippen molar-refractivity contribution in [2.24, 2.45) is 0 Å². The maximum absolute atomic E-state index is 4.66. The quantitative estimate of drug-likeness (QED) is 0.872. The molecule has 1 aliphatic heterocycles. The molecule has 4 nitrogen and oxygen atoms in total. The molecule has 1 aromatic heterocycles. The highest BCUT2D eigenvalue weighted by molar-refractivity contribution is 5.48. The van der Waals surface area contributed by atoms with Crippen LogP contribution in [0.3, 0.4) is 0 Å². The van der Waals surface area contributed by atoms with Gasteiger partial charge in [0.05, 0.1) is 0 Å². The number of piperazine rings is 1. The molecular formula is C14H24N4. The summed E-state index contributed by atoms with van der Waals surface area (Å²) in [4.78, 5) is 9.47. The number of hydrogen-bond donors (Lipinski definition) is 1. The van der Waals surface area contributed by atoms with E-state index in [1.165, 1.54) is 11.1 Å². The highest BCUT2D eigenvalue weighted by atomic mass is 15.3. The molecule has 1 unspecified atom stereocenters. The van der Waals surface area contributed by atoms with Gasteiger partial charge in [-0.15, -0.1) is 0 Å². The predicted molar refractivity (Wildman–Crippen MR) is 76.0 cm³/mol. The van der Waals surface area contributed by atoms with Crippen molar-refractivity contribution in [2.45, 2.75) is 26.4 Å². The van der Waals surface area contributed by atoms with E-state index in [1.807, 2.05) is 13.2 Å². The molecule has 0 aliphatic carbocycles. The monoisotopic (exact) mass is 248 g/mol. The topological polar surface area (TPSA) is 31.4 Å². The summed E-state index contributed by atoms with van der Waals surface area (Å²) >= 11 is 0. The maximum Gasteiger partial charge on any atom is 0.131 e. The molecule has 1 atom stereocenters. The Balaban J connectivity index is 2.17. The minimum absolute atomic E-state index is 0.533. The lowest BCUT2D eigenvalue weighted by molar-refractivity contribution is 0.274. The van der Waals surface area contributed by atoms with Crippen molar-refractivity contribution in [3.63, 3.8) is 0 Å². The maximum atomic E-state index is 4.66. The standard InChI is InChI=1S/C14H24N4/c1-11-7-13(8-15-3)9-16-14(11)18-6-5-17(4)10-12(18)2/h7,9,12,15H,5-6,8,10H2,1-4H3. The predicted octanol–water partition coefficient (Wildman–Crippen LogP) is 1.25. The Morgan fingerprint density at radius 3 is 2.83 bits per heavy atom. The molecule has 2 heterocycles. The fourth-order valence-corrected chi connectivity index (χ4v) is 2.68. The summed E-state index contributed by atoms with van der Waals surface area (Å²) in [5.74, 6) is 1.15. The Hall–Kier alpha value is -1.13. The minimum atomic E-state index is 0.533. The number of anilines is 1. The van der Waals surface area contributed by atoms with Gasteiger partial charge >= 0.3 is 0 Å². The van der Waals surface area contributed by atoms with E-state index >= 15 is 0 Å². The summed E-state index contributed by atoms with van der Waals surface area (Å²) in [5, 5.41) is 3.16. The number of likely N-dealkylation sites (N-methyl/N-ethyl adjacent to an activating group) is 1. The van der Waals surface area contributed by atoms with Crippen LogP contribution in [0.2, 0.25) is 0 Å². The summed E-state index contributed by atoms with van der Waals surface area (Å²) in [6.07, 6.45) is 1.99. The van der Waals surface area contributed by atoms with Crippen LogP contribution < -0.4 is 10.2 Å². The smallest absolute Gasteiger partial charge is 0.131 e. The molecule has 0 spiro atoms. The van der Waals surface area contributed by atoms with Gasteiger partial charge in [0.15, 0.2) is 0 Å². The van der Waals surface area contributed by atoms with Crippen LogP contribution in [-0.2, 0) is 6.54 Å². The fraction of sp³-hybridized carbons (Fsp3) is 0.643. The van der Waals surface area contributed by atoms with Gasteiger partial charge in [-0.1, -0.05) is 0 Å². The Bertz CT molecular complexity index is 405. The van der Waals surface area contributed by atoms with Gasteiger partial charge in [0.2, 0.25) is 0 Å². The summed E-state index contributed by atoms with van der Waals surface area (Å²) < 4.78 is 0. The molecule has 1 fully saturated rings. The molecule has 0 bridgehead atoms. The van der Waals surface area contributed by atoms with Crippen LogP contribution >= 0.6 is 0 Å². The summed E-state index contributed by atoms with van der Waals surface area (Å²) in [6, 6.07) is 2.77. The van der Waals surface area contributed by atoms with Crippen LogP contribution in [0.25, 0.3) is 0 Å². The van der Waals surface area contributed by atoms with E-state index in [0.29, 0.717) is 6.04 Å².